The molecule has 2 aromatic rings. The SMILES string of the molecule is CS(=O)(=O)c1ccc2c(c1)CCCN2C(=O)CCc1cccc(Cl)c1. The molecular formula is C19H20ClNO3S. The number of anilines is 1. The van der Waals surface area contributed by atoms with Gasteiger partial charge in [-0.15, -0.1) is 0 Å². The second kappa shape index (κ2) is 7.18. The smallest absolute Gasteiger partial charge is 0.227 e. The van der Waals surface area contributed by atoms with Crippen LogP contribution in [-0.4, -0.2) is 27.1 Å². The summed E-state index contributed by atoms with van der Waals surface area (Å²) in [6.45, 7) is 0.666. The van der Waals surface area contributed by atoms with Crippen LogP contribution in [-0.2, 0) is 27.5 Å². The fraction of sp³-hybridized carbons (Fsp3) is 0.316. The van der Waals surface area contributed by atoms with Gasteiger partial charge >= 0.3 is 0 Å². The number of amides is 1. The Bertz CT molecular complexity index is 909. The lowest BCUT2D eigenvalue weighted by molar-refractivity contribution is -0.118. The molecule has 0 spiro atoms. The lowest BCUT2D eigenvalue weighted by Gasteiger charge is -2.30. The maximum Gasteiger partial charge on any atom is 0.227 e. The normalized spacial score (nSPS) is 14.2. The van der Waals surface area contributed by atoms with Crippen LogP contribution < -0.4 is 4.90 Å². The third kappa shape index (κ3) is 4.22. The number of sulfone groups is 1. The number of aryl methyl sites for hydroxylation is 2. The molecule has 2 aromatic carbocycles. The van der Waals surface area contributed by atoms with Crippen LogP contribution >= 0.6 is 11.6 Å². The summed E-state index contributed by atoms with van der Waals surface area (Å²) < 4.78 is 23.5. The number of carbonyl (C=O) groups is 1. The maximum absolute atomic E-state index is 12.7. The molecule has 0 atom stereocenters. The van der Waals surface area contributed by atoms with E-state index in [9.17, 15) is 13.2 Å². The minimum absolute atomic E-state index is 0.0491. The van der Waals surface area contributed by atoms with E-state index in [1.807, 2.05) is 24.3 Å². The van der Waals surface area contributed by atoms with E-state index in [0.29, 0.717) is 29.3 Å². The zero-order valence-electron chi connectivity index (χ0n) is 14.0. The van der Waals surface area contributed by atoms with E-state index >= 15 is 0 Å². The van der Waals surface area contributed by atoms with Crippen LogP contribution in [0.15, 0.2) is 47.4 Å². The van der Waals surface area contributed by atoms with E-state index in [1.54, 1.807) is 23.1 Å². The third-order valence-electron chi connectivity index (χ3n) is 4.42. The summed E-state index contributed by atoms with van der Waals surface area (Å²) in [7, 11) is -3.24. The predicted octanol–water partition coefficient (Wildman–Crippen LogP) is 3.66. The maximum atomic E-state index is 12.7. The lowest BCUT2D eigenvalue weighted by atomic mass is 10.0. The monoisotopic (exact) mass is 377 g/mol. The summed E-state index contributed by atoms with van der Waals surface area (Å²) in [5.74, 6) is 0.0491. The molecule has 0 saturated heterocycles. The van der Waals surface area contributed by atoms with Gasteiger partial charge in [0.2, 0.25) is 5.91 Å². The van der Waals surface area contributed by atoms with Crippen LogP contribution in [0.3, 0.4) is 0 Å². The Balaban J connectivity index is 1.77. The first kappa shape index (κ1) is 18.0. The molecular weight excluding hydrogens is 358 g/mol. The number of halogens is 1. The van der Waals surface area contributed by atoms with Crippen LogP contribution in [0.1, 0.15) is 24.0 Å². The Hall–Kier alpha value is -1.85. The average Bonchev–Trinajstić information content (AvgIpc) is 2.58. The molecule has 1 amide bonds. The largest absolute Gasteiger partial charge is 0.312 e. The van der Waals surface area contributed by atoms with Crippen LogP contribution in [0, 0.1) is 0 Å². The molecule has 0 fully saturated rings. The highest BCUT2D eigenvalue weighted by Crippen LogP contribution is 2.30. The van der Waals surface area contributed by atoms with Crippen molar-refractivity contribution in [3.63, 3.8) is 0 Å². The van der Waals surface area contributed by atoms with Crippen LogP contribution in [0.2, 0.25) is 5.02 Å². The fourth-order valence-electron chi connectivity index (χ4n) is 3.14. The molecule has 0 aromatic heterocycles. The van der Waals surface area contributed by atoms with Gasteiger partial charge in [0, 0.05) is 29.9 Å². The topological polar surface area (TPSA) is 54.5 Å². The lowest BCUT2D eigenvalue weighted by Crippen LogP contribution is -2.35. The molecule has 3 rings (SSSR count). The van der Waals surface area contributed by atoms with Crippen molar-refractivity contribution in [2.45, 2.75) is 30.6 Å². The van der Waals surface area contributed by atoms with Gasteiger partial charge in [0.05, 0.1) is 4.90 Å². The van der Waals surface area contributed by atoms with Gasteiger partial charge in [0.15, 0.2) is 9.84 Å². The zero-order chi connectivity index (χ0) is 18.0. The Labute approximate surface area is 153 Å². The van der Waals surface area contributed by atoms with Crippen molar-refractivity contribution < 1.29 is 13.2 Å². The summed E-state index contributed by atoms with van der Waals surface area (Å²) in [5, 5.41) is 0.668. The molecule has 0 N–H and O–H groups in total. The summed E-state index contributed by atoms with van der Waals surface area (Å²) in [4.78, 5) is 14.8. The van der Waals surface area contributed by atoms with Crippen LogP contribution in [0.25, 0.3) is 0 Å². The van der Waals surface area contributed by atoms with Crippen molar-refractivity contribution in [2.75, 3.05) is 17.7 Å². The Morgan fingerprint density at radius 2 is 2.00 bits per heavy atom. The summed E-state index contributed by atoms with van der Waals surface area (Å²) in [6, 6.07) is 12.6. The second-order valence-corrected chi connectivity index (χ2v) is 8.79. The molecule has 0 bridgehead atoms. The number of hydrogen-bond acceptors (Lipinski definition) is 3. The number of benzene rings is 2. The number of nitrogens with zero attached hydrogens (tertiary/aromatic N) is 1. The molecule has 4 nitrogen and oxygen atoms in total. The number of fused-ring (bicyclic) bond motifs is 1. The van der Waals surface area contributed by atoms with Gasteiger partial charge in [-0.2, -0.15) is 0 Å². The van der Waals surface area contributed by atoms with E-state index in [0.717, 1.165) is 29.7 Å². The minimum atomic E-state index is -3.24. The Morgan fingerprint density at radius 1 is 1.20 bits per heavy atom. The first-order valence-corrected chi connectivity index (χ1v) is 10.5. The number of hydrogen-bond donors (Lipinski definition) is 0. The zero-order valence-corrected chi connectivity index (χ0v) is 15.6. The van der Waals surface area contributed by atoms with Crippen molar-refractivity contribution >= 4 is 33.0 Å². The van der Waals surface area contributed by atoms with E-state index in [-0.39, 0.29) is 5.91 Å². The van der Waals surface area contributed by atoms with Crippen molar-refractivity contribution in [3.05, 3.63) is 58.6 Å². The van der Waals surface area contributed by atoms with E-state index in [1.165, 1.54) is 6.26 Å². The molecule has 1 heterocycles. The molecule has 0 saturated carbocycles. The first-order chi connectivity index (χ1) is 11.8. The average molecular weight is 378 g/mol. The van der Waals surface area contributed by atoms with Gasteiger partial charge < -0.3 is 4.90 Å². The molecule has 25 heavy (non-hydrogen) atoms. The first-order valence-electron chi connectivity index (χ1n) is 8.22. The predicted molar refractivity (Wildman–Crippen MR) is 100.0 cm³/mol. The molecule has 0 unspecified atom stereocenters. The summed E-state index contributed by atoms with van der Waals surface area (Å²) >= 11 is 5.98. The highest BCUT2D eigenvalue weighted by Gasteiger charge is 2.23. The van der Waals surface area contributed by atoms with Crippen molar-refractivity contribution in [2.24, 2.45) is 0 Å². The molecule has 132 valence electrons. The highest BCUT2D eigenvalue weighted by molar-refractivity contribution is 7.90. The van der Waals surface area contributed by atoms with Crippen molar-refractivity contribution in [3.8, 4) is 0 Å². The van der Waals surface area contributed by atoms with Crippen molar-refractivity contribution in [1.29, 1.82) is 0 Å². The van der Waals surface area contributed by atoms with Gasteiger partial charge in [-0.3, -0.25) is 4.79 Å². The quantitative estimate of drug-likeness (QED) is 0.817. The van der Waals surface area contributed by atoms with E-state index < -0.39 is 9.84 Å². The molecule has 1 aliphatic heterocycles. The van der Waals surface area contributed by atoms with Gasteiger partial charge in [0.25, 0.3) is 0 Å². The summed E-state index contributed by atoms with van der Waals surface area (Å²) in [5.41, 5.74) is 2.78. The van der Waals surface area contributed by atoms with Gasteiger partial charge in [-0.05, 0) is 60.7 Å². The van der Waals surface area contributed by atoms with Crippen molar-refractivity contribution in [1.82, 2.24) is 0 Å². The van der Waals surface area contributed by atoms with Crippen LogP contribution in [0.5, 0.6) is 0 Å². The third-order valence-corrected chi connectivity index (χ3v) is 5.76. The number of rotatable bonds is 4. The Morgan fingerprint density at radius 3 is 2.72 bits per heavy atom. The molecule has 1 aliphatic rings. The molecule has 0 aliphatic carbocycles. The standard InChI is InChI=1S/C19H20ClNO3S/c1-25(23,24)17-8-9-18-15(13-17)5-3-11-21(18)19(22)10-7-14-4-2-6-16(20)12-14/h2,4,6,8-9,12-13H,3,5,7,10-11H2,1H3. The van der Waals surface area contributed by atoms with Gasteiger partial charge in [0.1, 0.15) is 0 Å². The highest BCUT2D eigenvalue weighted by atomic mass is 35.5. The van der Waals surface area contributed by atoms with Crippen LogP contribution in [0.4, 0.5) is 5.69 Å². The molecule has 6 heteroatoms. The second-order valence-electron chi connectivity index (χ2n) is 6.34. The van der Waals surface area contributed by atoms with E-state index in [4.69, 9.17) is 11.6 Å². The van der Waals surface area contributed by atoms with Gasteiger partial charge in [-0.25, -0.2) is 8.42 Å². The Kier molecular flexibility index (Phi) is 5.16. The van der Waals surface area contributed by atoms with E-state index in [2.05, 4.69) is 0 Å². The summed E-state index contributed by atoms with van der Waals surface area (Å²) in [6.07, 6.45) is 3.85. The molecule has 0 radical (unpaired) electrons. The minimum Gasteiger partial charge on any atom is -0.312 e. The fourth-order valence-corrected chi connectivity index (χ4v) is 4.03. The number of carbonyl (C=O) groups excluding carboxylic acids is 1. The van der Waals surface area contributed by atoms with Gasteiger partial charge in [-0.1, -0.05) is 23.7 Å².